The first-order chi connectivity index (χ1) is 20.8. The molecule has 0 aromatic heterocycles. The monoisotopic (exact) mass is 664 g/mol. The first kappa shape index (κ1) is 40.0. The molecule has 5 atom stereocenters. The maximum absolute atomic E-state index is 11.7. The summed E-state index contributed by atoms with van der Waals surface area (Å²) in [5.74, 6) is 0.0971. The molecule has 6 nitrogen and oxygen atoms in total. The Kier molecular flexibility index (Phi) is 14.9. The lowest BCUT2D eigenvalue weighted by Gasteiger charge is -2.51. The zero-order valence-electron chi connectivity index (χ0n) is 31.0. The van der Waals surface area contributed by atoms with Gasteiger partial charge in [0.25, 0.3) is 6.47 Å². The molecule has 1 unspecified atom stereocenters. The second-order valence-electron chi connectivity index (χ2n) is 16.8. The van der Waals surface area contributed by atoms with Gasteiger partial charge in [-0.05, 0) is 86.6 Å². The van der Waals surface area contributed by atoms with Crippen molar-refractivity contribution in [2.45, 2.75) is 174 Å². The van der Waals surface area contributed by atoms with Crippen molar-refractivity contribution >= 4 is 29.1 Å². The van der Waals surface area contributed by atoms with E-state index in [4.69, 9.17) is 18.3 Å². The molecule has 0 heterocycles. The van der Waals surface area contributed by atoms with Crippen LogP contribution in [0.2, 0.25) is 36.3 Å². The molecule has 8 heteroatoms. The second kappa shape index (κ2) is 16.7. The highest BCUT2D eigenvalue weighted by Crippen LogP contribution is 2.52. The molecule has 0 N–H and O–H groups in total. The van der Waals surface area contributed by atoms with Crippen LogP contribution in [-0.4, -0.2) is 54.5 Å². The Balaban J connectivity index is 2.38. The van der Waals surface area contributed by atoms with E-state index in [2.05, 4.69) is 99.0 Å². The average Bonchev–Trinajstić information content (AvgIpc) is 3.21. The highest BCUT2D eigenvalue weighted by Gasteiger charge is 2.50. The van der Waals surface area contributed by atoms with E-state index in [0.29, 0.717) is 19.3 Å². The maximum atomic E-state index is 11.7. The summed E-state index contributed by atoms with van der Waals surface area (Å²) in [7, 11) is -2.60. The summed E-state index contributed by atoms with van der Waals surface area (Å²) < 4.78 is 24.8. The molecule has 2 rings (SSSR count). The minimum absolute atomic E-state index is 0.00196. The van der Waals surface area contributed by atoms with Crippen molar-refractivity contribution in [1.29, 1.82) is 0 Å². The Hall–Kier alpha value is -1.23. The summed E-state index contributed by atoms with van der Waals surface area (Å²) in [6.45, 7) is 26.2. The Morgan fingerprint density at radius 2 is 1.60 bits per heavy atom. The lowest BCUT2D eigenvalue weighted by molar-refractivity contribution is -0.140. The number of hydrogen-bond acceptors (Lipinski definition) is 6. The number of hydrogen-bond donors (Lipinski definition) is 0. The summed E-state index contributed by atoms with van der Waals surface area (Å²) in [5, 5.41) is 0.242. The van der Waals surface area contributed by atoms with Crippen molar-refractivity contribution in [3.63, 3.8) is 0 Å². The van der Waals surface area contributed by atoms with Crippen LogP contribution < -0.4 is 0 Å². The highest BCUT2D eigenvalue weighted by atomic mass is 28.4. The molecule has 2 aliphatic rings. The van der Waals surface area contributed by atoms with E-state index in [0.717, 1.165) is 25.7 Å². The standard InChI is InChI=1S/C37H68O6Si2/c1-13-24-37(25-19-26-37)33(43-45(11,12)36(5,6)7)22-18-21-30-29(20-16-14-15-17-23-34(39)40-8)31(41-28-38)27-32(30)42-44(9,10)35(2,3)4/h14,16,18,21,28-33H,13,15,17,19-20,22-27H2,1-12H3/t29-,30-,31-,32-,33?/m1/s1. The lowest BCUT2D eigenvalue weighted by Crippen LogP contribution is -2.51. The first-order valence-corrected chi connectivity index (χ1v) is 23.5. The molecule has 0 spiro atoms. The van der Waals surface area contributed by atoms with Crippen LogP contribution in [0.15, 0.2) is 24.3 Å². The quantitative estimate of drug-likeness (QED) is 0.0477. The highest BCUT2D eigenvalue weighted by molar-refractivity contribution is 6.74. The van der Waals surface area contributed by atoms with Gasteiger partial charge < -0.3 is 18.3 Å². The van der Waals surface area contributed by atoms with Crippen LogP contribution in [0.4, 0.5) is 0 Å². The summed E-state index contributed by atoms with van der Waals surface area (Å²) >= 11 is 0. The van der Waals surface area contributed by atoms with Gasteiger partial charge in [-0.25, -0.2) is 0 Å². The summed E-state index contributed by atoms with van der Waals surface area (Å²) in [6, 6.07) is 0. The normalized spacial score (nSPS) is 25.0. The average molecular weight is 665 g/mol. The van der Waals surface area contributed by atoms with Crippen LogP contribution in [0.25, 0.3) is 0 Å². The summed E-state index contributed by atoms with van der Waals surface area (Å²) in [5.41, 5.74) is 0.275. The van der Waals surface area contributed by atoms with Crippen LogP contribution >= 0.6 is 0 Å². The van der Waals surface area contributed by atoms with Crippen molar-refractivity contribution in [1.82, 2.24) is 0 Å². The number of carbonyl (C=O) groups is 2. The fourth-order valence-electron chi connectivity index (χ4n) is 6.58. The second-order valence-corrected chi connectivity index (χ2v) is 26.3. The van der Waals surface area contributed by atoms with Gasteiger partial charge in [-0.2, -0.15) is 0 Å². The predicted molar refractivity (Wildman–Crippen MR) is 191 cm³/mol. The molecule has 0 aliphatic heterocycles. The molecule has 0 radical (unpaired) electrons. The fraction of sp³-hybridized carbons (Fsp3) is 0.838. The van der Waals surface area contributed by atoms with Gasteiger partial charge in [-0.1, -0.05) is 85.6 Å². The van der Waals surface area contributed by atoms with Gasteiger partial charge in [0, 0.05) is 24.7 Å². The molecule has 260 valence electrons. The van der Waals surface area contributed by atoms with Crippen LogP contribution in [0, 0.1) is 17.3 Å². The predicted octanol–water partition coefficient (Wildman–Crippen LogP) is 10.2. The summed E-state index contributed by atoms with van der Waals surface area (Å²) in [4.78, 5) is 23.2. The molecule has 45 heavy (non-hydrogen) atoms. The van der Waals surface area contributed by atoms with Crippen LogP contribution in [-0.2, 0) is 27.9 Å². The third-order valence-electron chi connectivity index (χ3n) is 11.6. The Labute approximate surface area is 278 Å². The smallest absolute Gasteiger partial charge is 0.305 e. The number of ether oxygens (including phenoxy) is 2. The Morgan fingerprint density at radius 1 is 0.956 bits per heavy atom. The van der Waals surface area contributed by atoms with Gasteiger partial charge >= 0.3 is 5.97 Å². The SMILES string of the molecule is CCCC1(C(CC=C[C@@H]2[C@@H](CC=CCCCC(=O)OC)[C@H](OC=O)C[C@H]2O[Si](C)(C)C(C)(C)C)O[Si](C)(C)C(C)(C)C)CCC1. The number of carbonyl (C=O) groups excluding carboxylic acids is 2. The topological polar surface area (TPSA) is 71.1 Å². The lowest BCUT2D eigenvalue weighted by atomic mass is 9.62. The van der Waals surface area contributed by atoms with Crippen molar-refractivity contribution < 1.29 is 27.9 Å². The first-order valence-electron chi connectivity index (χ1n) is 17.7. The Morgan fingerprint density at radius 3 is 2.11 bits per heavy atom. The van der Waals surface area contributed by atoms with Crippen molar-refractivity contribution in [3.8, 4) is 0 Å². The van der Waals surface area contributed by atoms with Crippen LogP contribution in [0.5, 0.6) is 0 Å². The Bertz CT molecular complexity index is 986. The molecule has 2 saturated carbocycles. The van der Waals surface area contributed by atoms with Gasteiger partial charge in [0.15, 0.2) is 16.6 Å². The van der Waals surface area contributed by atoms with Crippen LogP contribution in [0.3, 0.4) is 0 Å². The molecule has 0 amide bonds. The molecular formula is C37H68O6Si2. The molecule has 2 fully saturated rings. The van der Waals surface area contributed by atoms with E-state index in [1.807, 2.05) is 0 Å². The molecule has 0 saturated heterocycles. The minimum Gasteiger partial charge on any atom is -0.469 e. The van der Waals surface area contributed by atoms with E-state index >= 15 is 0 Å². The van der Waals surface area contributed by atoms with Gasteiger partial charge in [0.05, 0.1) is 19.3 Å². The van der Waals surface area contributed by atoms with E-state index in [1.54, 1.807) is 0 Å². The number of unbranched alkanes of at least 4 members (excludes halogenated alkanes) is 1. The van der Waals surface area contributed by atoms with E-state index in [1.165, 1.54) is 39.2 Å². The molecular weight excluding hydrogens is 597 g/mol. The third kappa shape index (κ3) is 10.9. The number of rotatable bonds is 18. The van der Waals surface area contributed by atoms with Crippen molar-refractivity contribution in [2.24, 2.45) is 17.3 Å². The third-order valence-corrected chi connectivity index (χ3v) is 20.6. The largest absolute Gasteiger partial charge is 0.469 e. The fourth-order valence-corrected chi connectivity index (χ4v) is 9.36. The van der Waals surface area contributed by atoms with E-state index in [-0.39, 0.29) is 51.6 Å². The van der Waals surface area contributed by atoms with Gasteiger partial charge in [-0.15, -0.1) is 0 Å². The number of methoxy groups -OCH3 is 1. The number of esters is 1. The van der Waals surface area contributed by atoms with Gasteiger partial charge in [0.2, 0.25) is 0 Å². The molecule has 2 aliphatic carbocycles. The number of allylic oxidation sites excluding steroid dienone is 2. The van der Waals surface area contributed by atoms with Crippen LogP contribution in [0.1, 0.15) is 119 Å². The summed E-state index contributed by atoms with van der Waals surface area (Å²) in [6.07, 6.45) is 19.8. The maximum Gasteiger partial charge on any atom is 0.305 e. The molecule has 0 bridgehead atoms. The van der Waals surface area contributed by atoms with Gasteiger partial charge in [-0.3, -0.25) is 9.59 Å². The molecule has 0 aromatic rings. The van der Waals surface area contributed by atoms with Gasteiger partial charge in [0.1, 0.15) is 6.10 Å². The molecule has 0 aromatic carbocycles. The van der Waals surface area contributed by atoms with E-state index in [9.17, 15) is 9.59 Å². The minimum atomic E-state index is -2.07. The van der Waals surface area contributed by atoms with Crippen molar-refractivity contribution in [3.05, 3.63) is 24.3 Å². The zero-order chi connectivity index (χ0) is 34.1. The zero-order valence-corrected chi connectivity index (χ0v) is 33.0. The van der Waals surface area contributed by atoms with E-state index < -0.39 is 16.6 Å². The van der Waals surface area contributed by atoms with Crippen molar-refractivity contribution in [2.75, 3.05) is 7.11 Å².